The van der Waals surface area contributed by atoms with Crippen molar-refractivity contribution in [2.45, 2.75) is 0 Å². The lowest BCUT2D eigenvalue weighted by Crippen LogP contribution is -2.15. The highest BCUT2D eigenvalue weighted by Gasteiger charge is 2.11. The number of carbonyl (C=O) groups is 1. The van der Waals surface area contributed by atoms with Crippen molar-refractivity contribution < 1.29 is 9.18 Å². The lowest BCUT2D eigenvalue weighted by Gasteiger charge is -1.97. The Labute approximate surface area is 70.6 Å². The van der Waals surface area contributed by atoms with Crippen molar-refractivity contribution in [3.8, 4) is 0 Å². The van der Waals surface area contributed by atoms with Gasteiger partial charge in [0.15, 0.2) is 11.5 Å². The molecule has 1 amide bonds. The molecule has 0 saturated carbocycles. The van der Waals surface area contributed by atoms with Crippen LogP contribution in [0.2, 0.25) is 0 Å². The average molecular weight is 219 g/mol. The van der Waals surface area contributed by atoms with Crippen LogP contribution in [-0.2, 0) is 0 Å². The topological polar surface area (TPSA) is 56.0 Å². The Kier molecular flexibility index (Phi) is 2.19. The van der Waals surface area contributed by atoms with Gasteiger partial charge in [-0.1, -0.05) is 0 Å². The van der Waals surface area contributed by atoms with E-state index in [0.717, 1.165) is 0 Å². The van der Waals surface area contributed by atoms with Crippen molar-refractivity contribution >= 4 is 21.8 Å². The molecule has 0 unspecified atom stereocenters. The zero-order valence-corrected chi connectivity index (χ0v) is 6.93. The number of primary amides is 1. The lowest BCUT2D eigenvalue weighted by atomic mass is 10.3. The molecule has 0 saturated heterocycles. The maximum Gasteiger partial charge on any atom is 0.270 e. The van der Waals surface area contributed by atoms with E-state index < -0.39 is 11.7 Å². The molecule has 58 valence electrons. The van der Waals surface area contributed by atoms with E-state index in [0.29, 0.717) is 0 Å². The Morgan fingerprint density at radius 3 is 2.82 bits per heavy atom. The maximum atomic E-state index is 12.8. The van der Waals surface area contributed by atoms with Crippen LogP contribution in [0.1, 0.15) is 10.5 Å². The Morgan fingerprint density at radius 2 is 2.36 bits per heavy atom. The standard InChI is InChI=1S/C6H4BrFN2O/c7-3-1-2-10-5(4(3)8)6(9)11/h1-2H,(H2,9,11). The summed E-state index contributed by atoms with van der Waals surface area (Å²) in [5.41, 5.74) is 4.47. The van der Waals surface area contributed by atoms with E-state index in [-0.39, 0.29) is 10.2 Å². The number of rotatable bonds is 1. The highest BCUT2D eigenvalue weighted by Crippen LogP contribution is 2.15. The summed E-state index contributed by atoms with van der Waals surface area (Å²) in [6.45, 7) is 0. The van der Waals surface area contributed by atoms with Crippen LogP contribution in [0.5, 0.6) is 0 Å². The molecule has 5 heteroatoms. The van der Waals surface area contributed by atoms with E-state index >= 15 is 0 Å². The second-order valence-corrected chi connectivity index (χ2v) is 2.67. The number of nitrogens with two attached hydrogens (primary N) is 1. The summed E-state index contributed by atoms with van der Waals surface area (Å²) < 4.78 is 13.0. The van der Waals surface area contributed by atoms with Crippen molar-refractivity contribution in [2.75, 3.05) is 0 Å². The summed E-state index contributed by atoms with van der Waals surface area (Å²) >= 11 is 2.89. The van der Waals surface area contributed by atoms with Crippen LogP contribution < -0.4 is 5.73 Å². The number of hydrogen-bond acceptors (Lipinski definition) is 2. The number of halogens is 2. The normalized spacial score (nSPS) is 9.64. The monoisotopic (exact) mass is 218 g/mol. The van der Waals surface area contributed by atoms with Gasteiger partial charge in [-0.3, -0.25) is 4.79 Å². The molecule has 0 fully saturated rings. The largest absolute Gasteiger partial charge is 0.364 e. The van der Waals surface area contributed by atoms with E-state index in [1.807, 2.05) is 0 Å². The molecule has 1 heterocycles. The smallest absolute Gasteiger partial charge is 0.270 e. The molecule has 1 aromatic heterocycles. The van der Waals surface area contributed by atoms with Crippen molar-refractivity contribution in [1.29, 1.82) is 0 Å². The number of amides is 1. The van der Waals surface area contributed by atoms with Gasteiger partial charge in [0.1, 0.15) is 0 Å². The van der Waals surface area contributed by atoms with Crippen LogP contribution in [0.4, 0.5) is 4.39 Å². The van der Waals surface area contributed by atoms with Gasteiger partial charge in [0.25, 0.3) is 5.91 Å². The molecule has 2 N–H and O–H groups in total. The third-order valence-electron chi connectivity index (χ3n) is 1.08. The van der Waals surface area contributed by atoms with E-state index in [9.17, 15) is 9.18 Å². The van der Waals surface area contributed by atoms with Gasteiger partial charge in [0.05, 0.1) is 4.47 Å². The third-order valence-corrected chi connectivity index (χ3v) is 1.69. The number of carbonyl (C=O) groups excluding carboxylic acids is 1. The molecule has 0 spiro atoms. The van der Waals surface area contributed by atoms with Gasteiger partial charge >= 0.3 is 0 Å². The molecular weight excluding hydrogens is 215 g/mol. The number of hydrogen-bond donors (Lipinski definition) is 1. The predicted molar refractivity (Wildman–Crippen MR) is 40.4 cm³/mol. The first-order chi connectivity index (χ1) is 5.13. The molecule has 0 aliphatic carbocycles. The molecule has 1 rings (SSSR count). The van der Waals surface area contributed by atoms with E-state index in [1.165, 1.54) is 12.3 Å². The summed E-state index contributed by atoms with van der Waals surface area (Å²) in [5.74, 6) is -1.59. The molecular formula is C6H4BrFN2O. The number of pyridine rings is 1. The Bertz CT molecular complexity index is 303. The van der Waals surface area contributed by atoms with Crippen LogP contribution in [0.25, 0.3) is 0 Å². The van der Waals surface area contributed by atoms with Crippen LogP contribution in [0.3, 0.4) is 0 Å². The summed E-state index contributed by atoms with van der Waals surface area (Å²) in [6, 6.07) is 1.39. The fourth-order valence-electron chi connectivity index (χ4n) is 0.592. The zero-order valence-electron chi connectivity index (χ0n) is 5.34. The summed E-state index contributed by atoms with van der Waals surface area (Å²) in [4.78, 5) is 13.9. The summed E-state index contributed by atoms with van der Waals surface area (Å²) in [6.07, 6.45) is 1.30. The highest BCUT2D eigenvalue weighted by molar-refractivity contribution is 9.10. The minimum absolute atomic E-state index is 0.182. The van der Waals surface area contributed by atoms with Gasteiger partial charge in [-0.15, -0.1) is 0 Å². The summed E-state index contributed by atoms with van der Waals surface area (Å²) in [7, 11) is 0. The summed E-state index contributed by atoms with van der Waals surface area (Å²) in [5, 5.41) is 0. The molecule has 3 nitrogen and oxygen atoms in total. The van der Waals surface area contributed by atoms with Crippen molar-refractivity contribution in [2.24, 2.45) is 5.73 Å². The fraction of sp³-hybridized carbons (Fsp3) is 0. The van der Waals surface area contributed by atoms with Gasteiger partial charge in [-0.2, -0.15) is 0 Å². The quantitative estimate of drug-likeness (QED) is 0.768. The first kappa shape index (κ1) is 8.13. The minimum atomic E-state index is -0.871. The van der Waals surface area contributed by atoms with Gasteiger partial charge in [-0.05, 0) is 22.0 Å². The van der Waals surface area contributed by atoms with Crippen LogP contribution in [0, 0.1) is 5.82 Å². The molecule has 11 heavy (non-hydrogen) atoms. The number of aromatic nitrogens is 1. The molecule has 0 aromatic carbocycles. The van der Waals surface area contributed by atoms with Crippen LogP contribution >= 0.6 is 15.9 Å². The molecule has 0 bridgehead atoms. The minimum Gasteiger partial charge on any atom is -0.364 e. The molecule has 0 aliphatic heterocycles. The van der Waals surface area contributed by atoms with E-state index in [2.05, 4.69) is 20.9 Å². The van der Waals surface area contributed by atoms with Crippen molar-refractivity contribution in [3.05, 3.63) is 28.2 Å². The van der Waals surface area contributed by atoms with Gasteiger partial charge in [0.2, 0.25) is 0 Å². The average Bonchev–Trinajstić information content (AvgIpc) is 1.94. The molecule has 0 atom stereocenters. The SMILES string of the molecule is NC(=O)c1nccc(Br)c1F. The second-order valence-electron chi connectivity index (χ2n) is 1.82. The highest BCUT2D eigenvalue weighted by atomic mass is 79.9. The van der Waals surface area contributed by atoms with E-state index in [1.54, 1.807) is 0 Å². The molecule has 1 aromatic rings. The predicted octanol–water partition coefficient (Wildman–Crippen LogP) is 1.08. The van der Waals surface area contributed by atoms with E-state index in [4.69, 9.17) is 5.73 Å². The second kappa shape index (κ2) is 2.96. The van der Waals surface area contributed by atoms with Crippen molar-refractivity contribution in [3.63, 3.8) is 0 Å². The van der Waals surface area contributed by atoms with Gasteiger partial charge in [0, 0.05) is 6.20 Å². The fourth-order valence-corrected chi connectivity index (χ4v) is 0.898. The van der Waals surface area contributed by atoms with Crippen LogP contribution in [-0.4, -0.2) is 10.9 Å². The zero-order chi connectivity index (χ0) is 8.43. The molecule has 0 aliphatic rings. The Balaban J connectivity index is 3.27. The third kappa shape index (κ3) is 1.54. The van der Waals surface area contributed by atoms with Crippen LogP contribution in [0.15, 0.2) is 16.7 Å². The lowest BCUT2D eigenvalue weighted by molar-refractivity contribution is 0.0991. The van der Waals surface area contributed by atoms with Gasteiger partial charge < -0.3 is 5.73 Å². The van der Waals surface area contributed by atoms with Gasteiger partial charge in [-0.25, -0.2) is 9.37 Å². The number of nitrogens with zero attached hydrogens (tertiary/aromatic N) is 1. The maximum absolute atomic E-state index is 12.8. The molecule has 0 radical (unpaired) electrons. The van der Waals surface area contributed by atoms with Crippen molar-refractivity contribution in [1.82, 2.24) is 4.98 Å². The first-order valence-electron chi connectivity index (χ1n) is 2.72. The Morgan fingerprint density at radius 1 is 1.73 bits per heavy atom. The first-order valence-corrected chi connectivity index (χ1v) is 3.52. The Hall–Kier alpha value is -0.970.